The van der Waals surface area contributed by atoms with E-state index in [4.69, 9.17) is 18.9 Å². The van der Waals surface area contributed by atoms with E-state index in [9.17, 15) is 14.7 Å². The van der Waals surface area contributed by atoms with Crippen molar-refractivity contribution in [2.24, 2.45) is 5.10 Å². The molecule has 1 heterocycles. The molecule has 0 unspecified atom stereocenters. The number of rotatable bonds is 15. The summed E-state index contributed by atoms with van der Waals surface area (Å²) < 4.78 is 23.6. The van der Waals surface area contributed by atoms with Gasteiger partial charge in [0.1, 0.15) is 19.0 Å². The molecule has 0 radical (unpaired) electrons. The van der Waals surface area contributed by atoms with Crippen molar-refractivity contribution in [1.82, 2.24) is 16.1 Å². The summed E-state index contributed by atoms with van der Waals surface area (Å²) in [6.45, 7) is 7.93. The first-order chi connectivity index (χ1) is 22.2. The maximum atomic E-state index is 12.5. The third kappa shape index (κ3) is 9.11. The van der Waals surface area contributed by atoms with E-state index >= 15 is 0 Å². The Bertz CT molecular complexity index is 1610. The zero-order chi connectivity index (χ0) is 33.1. The number of hydrogen-bond donors (Lipinski definition) is 4. The Kier molecular flexibility index (Phi) is 12.2. The molecule has 0 bridgehead atoms. The Morgan fingerprint density at radius 1 is 1.09 bits per heavy atom. The van der Waals surface area contributed by atoms with Crippen molar-refractivity contribution < 1.29 is 33.6 Å². The van der Waals surface area contributed by atoms with E-state index in [1.807, 2.05) is 55.5 Å². The molecule has 0 saturated heterocycles. The minimum atomic E-state index is -1.13. The Labute approximate surface area is 276 Å². The number of esters is 1. The van der Waals surface area contributed by atoms with Crippen molar-refractivity contribution >= 4 is 34.1 Å². The summed E-state index contributed by atoms with van der Waals surface area (Å²) in [5.74, 6) is 0.931. The van der Waals surface area contributed by atoms with Gasteiger partial charge in [-0.3, -0.25) is 5.43 Å². The van der Waals surface area contributed by atoms with E-state index in [0.29, 0.717) is 42.4 Å². The van der Waals surface area contributed by atoms with Gasteiger partial charge in [-0.2, -0.15) is 5.10 Å². The minimum Gasteiger partial charge on any atom is -0.490 e. The van der Waals surface area contributed by atoms with Crippen LogP contribution in [-0.2, 0) is 22.6 Å². The number of aliphatic hydroxyl groups excluding tert-OH is 1. The highest BCUT2D eigenvalue weighted by atomic mass is 79.9. The highest BCUT2D eigenvalue weighted by Crippen LogP contribution is 2.35. The smallest absolute Gasteiger partial charge is 0.337 e. The highest BCUT2D eigenvalue weighted by molar-refractivity contribution is 9.10. The van der Waals surface area contributed by atoms with Crippen molar-refractivity contribution in [2.75, 3.05) is 20.3 Å². The van der Waals surface area contributed by atoms with Crippen LogP contribution in [0, 0.1) is 0 Å². The monoisotopic (exact) mass is 692 g/mol. The van der Waals surface area contributed by atoms with Crippen LogP contribution in [0.15, 0.2) is 94.2 Å². The number of hydrazone groups is 1. The van der Waals surface area contributed by atoms with Crippen LogP contribution in [0.2, 0.25) is 0 Å². The van der Waals surface area contributed by atoms with Gasteiger partial charge < -0.3 is 34.7 Å². The van der Waals surface area contributed by atoms with Gasteiger partial charge in [-0.15, -0.1) is 6.58 Å². The van der Waals surface area contributed by atoms with Crippen molar-refractivity contribution in [3.8, 4) is 17.2 Å². The molecule has 3 aromatic rings. The molecule has 11 nitrogen and oxygen atoms in total. The van der Waals surface area contributed by atoms with Gasteiger partial charge in [0.2, 0.25) is 0 Å². The first kappa shape index (κ1) is 34.1. The van der Waals surface area contributed by atoms with Crippen molar-refractivity contribution in [3.05, 3.63) is 111 Å². The number of benzene rings is 3. The van der Waals surface area contributed by atoms with E-state index in [1.165, 1.54) is 7.11 Å². The molecule has 0 aliphatic carbocycles. The summed E-state index contributed by atoms with van der Waals surface area (Å²) in [6, 6.07) is 17.5. The number of nitrogens with one attached hydrogen (secondary N) is 3. The summed E-state index contributed by atoms with van der Waals surface area (Å²) in [7, 11) is 1.28. The van der Waals surface area contributed by atoms with Gasteiger partial charge in [0.05, 0.1) is 31.5 Å². The van der Waals surface area contributed by atoms with Gasteiger partial charge in [-0.25, -0.2) is 9.59 Å². The molecule has 242 valence electrons. The molecule has 0 aromatic heterocycles. The molecule has 3 aromatic carbocycles. The van der Waals surface area contributed by atoms with Crippen LogP contribution in [0.3, 0.4) is 0 Å². The average molecular weight is 694 g/mol. The van der Waals surface area contributed by atoms with Gasteiger partial charge in [0.25, 0.3) is 0 Å². The second-order valence-corrected chi connectivity index (χ2v) is 11.1. The van der Waals surface area contributed by atoms with Crippen molar-refractivity contribution in [2.45, 2.75) is 39.1 Å². The maximum Gasteiger partial charge on any atom is 0.337 e. The fourth-order valence-corrected chi connectivity index (χ4v) is 4.96. The van der Waals surface area contributed by atoms with Gasteiger partial charge in [0.15, 0.2) is 17.7 Å². The molecule has 4 N–H and O–H groups in total. The number of methoxy groups -OCH3 is 1. The minimum absolute atomic E-state index is 0.141. The number of halogens is 1. The lowest BCUT2D eigenvalue weighted by Crippen LogP contribution is -2.45. The molecular weight excluding hydrogens is 656 g/mol. The predicted octanol–water partition coefficient (Wildman–Crippen LogP) is 5.28. The molecule has 46 heavy (non-hydrogen) atoms. The number of carbonyl (C=O) groups excluding carboxylic acids is 2. The van der Waals surface area contributed by atoms with Gasteiger partial charge in [-0.1, -0.05) is 40.2 Å². The SMILES string of the molecule is C=CCc1cc(/C=N\N[C@@H](O)COc2ccc([C@H]3NC(=O)NC(C)=C3C(=O)OC)cc2OCC)ccc1OCc1ccc(Br)cc1. The molecule has 12 heteroatoms. The van der Waals surface area contributed by atoms with E-state index in [1.54, 1.807) is 31.3 Å². The van der Waals surface area contributed by atoms with Crippen LogP contribution in [0.1, 0.15) is 42.1 Å². The number of urea groups is 1. The third-order valence-electron chi connectivity index (χ3n) is 6.87. The number of aliphatic hydroxyl groups is 1. The zero-order valence-electron chi connectivity index (χ0n) is 25.8. The quantitative estimate of drug-likeness (QED) is 0.0555. The Morgan fingerprint density at radius 2 is 1.85 bits per heavy atom. The summed E-state index contributed by atoms with van der Waals surface area (Å²) in [4.78, 5) is 24.6. The molecule has 0 saturated carbocycles. The Morgan fingerprint density at radius 3 is 2.57 bits per heavy atom. The second-order valence-electron chi connectivity index (χ2n) is 10.2. The van der Waals surface area contributed by atoms with Crippen LogP contribution >= 0.6 is 15.9 Å². The fourth-order valence-electron chi connectivity index (χ4n) is 4.70. The molecule has 1 aliphatic rings. The fraction of sp³-hybridized carbons (Fsp3) is 0.265. The van der Waals surface area contributed by atoms with E-state index < -0.39 is 24.3 Å². The predicted molar refractivity (Wildman–Crippen MR) is 178 cm³/mol. The molecule has 1 aliphatic heterocycles. The normalized spacial score (nSPS) is 15.1. The summed E-state index contributed by atoms with van der Waals surface area (Å²) in [6.07, 6.45) is 2.89. The molecule has 0 spiro atoms. The van der Waals surface area contributed by atoms with E-state index in [2.05, 4.69) is 43.7 Å². The van der Waals surface area contributed by atoms with Gasteiger partial charge >= 0.3 is 12.0 Å². The van der Waals surface area contributed by atoms with Crippen molar-refractivity contribution in [1.29, 1.82) is 0 Å². The number of ether oxygens (including phenoxy) is 4. The number of carbonyl (C=O) groups is 2. The zero-order valence-corrected chi connectivity index (χ0v) is 27.4. The summed E-state index contributed by atoms with van der Waals surface area (Å²) in [5.41, 5.74) is 6.74. The third-order valence-corrected chi connectivity index (χ3v) is 7.39. The van der Waals surface area contributed by atoms with Crippen LogP contribution in [0.5, 0.6) is 17.2 Å². The number of amides is 2. The van der Waals surface area contributed by atoms with E-state index in [0.717, 1.165) is 26.9 Å². The average Bonchev–Trinajstić information content (AvgIpc) is 3.04. The van der Waals surface area contributed by atoms with Crippen LogP contribution in [0.4, 0.5) is 4.79 Å². The first-order valence-electron chi connectivity index (χ1n) is 14.6. The topological polar surface area (TPSA) is 140 Å². The van der Waals surface area contributed by atoms with Gasteiger partial charge in [0, 0.05) is 10.2 Å². The Hall–Kier alpha value is -4.81. The van der Waals surface area contributed by atoms with Crippen LogP contribution in [0.25, 0.3) is 0 Å². The van der Waals surface area contributed by atoms with Crippen LogP contribution < -0.4 is 30.3 Å². The molecule has 2 amide bonds. The summed E-state index contributed by atoms with van der Waals surface area (Å²) in [5, 5.41) is 20.0. The standard InChI is InChI=1S/C34H37BrN4O7/c1-5-7-24-16-23(10-14-27(24)45-19-22-8-12-26(35)13-9-22)18-36-39-30(40)20-46-28-15-11-25(17-29(28)44-6-2)32-31(33(41)43-4)21(3)37-34(42)38-32/h5,8-18,30,32,39-40H,1,6-7,19-20H2,2-4H3,(H2,37,38,42)/b36-18-/t30-,32+/m0/s1. The molecular formula is C34H37BrN4O7. The number of nitrogens with zero attached hydrogens (tertiary/aromatic N) is 1. The first-order valence-corrected chi connectivity index (χ1v) is 15.4. The second kappa shape index (κ2) is 16.5. The lowest BCUT2D eigenvalue weighted by Gasteiger charge is -2.28. The largest absolute Gasteiger partial charge is 0.490 e. The van der Waals surface area contributed by atoms with Crippen molar-refractivity contribution in [3.63, 3.8) is 0 Å². The number of hydrogen-bond acceptors (Lipinski definition) is 9. The molecule has 2 atom stereocenters. The molecule has 0 fully saturated rings. The van der Waals surface area contributed by atoms with Crippen LogP contribution in [-0.4, -0.2) is 49.9 Å². The van der Waals surface area contributed by atoms with E-state index in [-0.39, 0.29) is 12.2 Å². The summed E-state index contributed by atoms with van der Waals surface area (Å²) >= 11 is 3.44. The maximum absolute atomic E-state index is 12.5. The van der Waals surface area contributed by atoms with Gasteiger partial charge in [-0.05, 0) is 85.0 Å². The molecule has 4 rings (SSSR count). The lowest BCUT2D eigenvalue weighted by atomic mass is 9.95. The lowest BCUT2D eigenvalue weighted by molar-refractivity contribution is -0.136. The highest BCUT2D eigenvalue weighted by Gasteiger charge is 2.32. The number of allylic oxidation sites excluding steroid dienone is 2. The Balaban J connectivity index is 1.37.